The zero-order valence-corrected chi connectivity index (χ0v) is 24.4. The molecule has 0 spiro atoms. The summed E-state index contributed by atoms with van der Waals surface area (Å²) >= 11 is 0. The van der Waals surface area contributed by atoms with E-state index in [0.29, 0.717) is 19.0 Å². The molecule has 0 aliphatic heterocycles. The van der Waals surface area contributed by atoms with Gasteiger partial charge in [0.15, 0.2) is 0 Å². The zero-order chi connectivity index (χ0) is 25.8. The van der Waals surface area contributed by atoms with Gasteiger partial charge in [0.2, 0.25) is 0 Å². The molecule has 0 saturated heterocycles. The van der Waals surface area contributed by atoms with E-state index in [9.17, 15) is 9.67 Å². The SMILES string of the molecule is CCCCCCCOP(=O)(Cc1cc(C(C)(C)C)c(O)c(C(C)(C)C)c1)OCCCCCCC. The van der Waals surface area contributed by atoms with Crippen LogP contribution in [0.15, 0.2) is 12.1 Å². The highest BCUT2D eigenvalue weighted by Crippen LogP contribution is 2.53. The van der Waals surface area contributed by atoms with Gasteiger partial charge in [-0.05, 0) is 40.4 Å². The first-order valence-corrected chi connectivity index (χ1v) is 15.3. The summed E-state index contributed by atoms with van der Waals surface area (Å²) in [4.78, 5) is 0. The number of unbranched alkanes of at least 4 members (excludes halogenated alkanes) is 8. The molecule has 1 aromatic carbocycles. The van der Waals surface area contributed by atoms with Crippen molar-refractivity contribution in [2.75, 3.05) is 13.2 Å². The van der Waals surface area contributed by atoms with Crippen molar-refractivity contribution in [2.24, 2.45) is 0 Å². The van der Waals surface area contributed by atoms with E-state index in [2.05, 4.69) is 55.4 Å². The smallest absolute Gasteiger partial charge is 0.335 e. The van der Waals surface area contributed by atoms with Crippen molar-refractivity contribution in [2.45, 2.75) is 137 Å². The summed E-state index contributed by atoms with van der Waals surface area (Å²) in [6.07, 6.45) is 11.5. The summed E-state index contributed by atoms with van der Waals surface area (Å²) in [6, 6.07) is 3.98. The topological polar surface area (TPSA) is 55.8 Å². The van der Waals surface area contributed by atoms with Gasteiger partial charge in [0.05, 0.1) is 19.4 Å². The second-order valence-corrected chi connectivity index (χ2v) is 13.9. The fourth-order valence-electron chi connectivity index (χ4n) is 4.10. The van der Waals surface area contributed by atoms with Gasteiger partial charge in [0.25, 0.3) is 0 Å². The third-order valence-corrected chi connectivity index (χ3v) is 8.14. The first kappa shape index (κ1) is 31.2. The number of phenolic OH excluding ortho intramolecular Hbond substituents is 1. The van der Waals surface area contributed by atoms with Crippen LogP contribution in [0.5, 0.6) is 5.75 Å². The molecule has 1 aromatic rings. The molecule has 0 aromatic heterocycles. The Kier molecular flexibility index (Phi) is 13.5. The molecular formula is C29H53O4P. The van der Waals surface area contributed by atoms with Crippen LogP contribution in [-0.4, -0.2) is 18.3 Å². The summed E-state index contributed by atoms with van der Waals surface area (Å²) < 4.78 is 25.8. The Morgan fingerprint density at radius 1 is 0.706 bits per heavy atom. The summed E-state index contributed by atoms with van der Waals surface area (Å²) in [5.74, 6) is 0.340. The number of hydrogen-bond donors (Lipinski definition) is 1. The predicted molar refractivity (Wildman–Crippen MR) is 146 cm³/mol. The highest BCUT2D eigenvalue weighted by atomic mass is 31.2. The Balaban J connectivity index is 3.08. The van der Waals surface area contributed by atoms with Gasteiger partial charge in [-0.2, -0.15) is 0 Å². The molecule has 5 heteroatoms. The molecule has 0 bridgehead atoms. The Bertz CT molecular complexity index is 703. The van der Waals surface area contributed by atoms with E-state index in [1.165, 1.54) is 38.5 Å². The summed E-state index contributed by atoms with van der Waals surface area (Å²) in [5.41, 5.74) is 2.20. The van der Waals surface area contributed by atoms with Crippen molar-refractivity contribution in [3.63, 3.8) is 0 Å². The summed E-state index contributed by atoms with van der Waals surface area (Å²) in [6.45, 7) is 17.9. The first-order valence-electron chi connectivity index (χ1n) is 13.6. The average Bonchev–Trinajstić information content (AvgIpc) is 2.73. The van der Waals surface area contributed by atoms with Crippen LogP contribution in [0.1, 0.15) is 136 Å². The third kappa shape index (κ3) is 11.3. The molecule has 0 atom stereocenters. The van der Waals surface area contributed by atoms with Gasteiger partial charge in [-0.25, -0.2) is 0 Å². The Labute approximate surface area is 210 Å². The molecule has 0 radical (unpaired) electrons. The average molecular weight is 497 g/mol. The van der Waals surface area contributed by atoms with E-state index in [1.54, 1.807) is 0 Å². The second-order valence-electron chi connectivity index (χ2n) is 11.8. The number of phenols is 1. The fraction of sp³-hybridized carbons (Fsp3) is 0.793. The van der Waals surface area contributed by atoms with Crippen molar-refractivity contribution in [1.29, 1.82) is 0 Å². The molecule has 0 aliphatic rings. The van der Waals surface area contributed by atoms with Gasteiger partial charge in [-0.1, -0.05) is 119 Å². The van der Waals surface area contributed by atoms with Crippen molar-refractivity contribution in [3.8, 4) is 5.75 Å². The number of hydrogen-bond acceptors (Lipinski definition) is 4. The molecule has 0 amide bonds. The van der Waals surface area contributed by atoms with E-state index in [-0.39, 0.29) is 17.0 Å². The van der Waals surface area contributed by atoms with Crippen LogP contribution >= 0.6 is 7.60 Å². The molecule has 198 valence electrons. The second kappa shape index (κ2) is 14.7. The Morgan fingerprint density at radius 2 is 1.09 bits per heavy atom. The molecule has 0 fully saturated rings. The van der Waals surface area contributed by atoms with Crippen LogP contribution in [0.3, 0.4) is 0 Å². The Hall–Kier alpha value is -0.830. The number of rotatable bonds is 16. The molecule has 4 nitrogen and oxygen atoms in total. The van der Waals surface area contributed by atoms with Crippen molar-refractivity contribution in [1.82, 2.24) is 0 Å². The van der Waals surface area contributed by atoms with Crippen LogP contribution < -0.4 is 0 Å². The van der Waals surface area contributed by atoms with Gasteiger partial charge in [-0.15, -0.1) is 0 Å². The maximum atomic E-state index is 13.9. The Morgan fingerprint density at radius 3 is 1.44 bits per heavy atom. The van der Waals surface area contributed by atoms with E-state index >= 15 is 0 Å². The maximum Gasteiger partial charge on any atom is 0.335 e. The normalized spacial score (nSPS) is 12.9. The van der Waals surface area contributed by atoms with Gasteiger partial charge in [-0.3, -0.25) is 4.57 Å². The van der Waals surface area contributed by atoms with Gasteiger partial charge >= 0.3 is 7.60 Å². The maximum absolute atomic E-state index is 13.9. The van der Waals surface area contributed by atoms with E-state index < -0.39 is 7.60 Å². The van der Waals surface area contributed by atoms with Crippen LogP contribution in [0.2, 0.25) is 0 Å². The highest BCUT2D eigenvalue weighted by molar-refractivity contribution is 7.53. The first-order chi connectivity index (χ1) is 15.8. The van der Waals surface area contributed by atoms with Crippen LogP contribution in [0.4, 0.5) is 0 Å². The van der Waals surface area contributed by atoms with Crippen molar-refractivity contribution in [3.05, 3.63) is 28.8 Å². The lowest BCUT2D eigenvalue weighted by molar-refractivity contribution is 0.196. The van der Waals surface area contributed by atoms with Gasteiger partial charge in [0, 0.05) is 0 Å². The molecule has 34 heavy (non-hydrogen) atoms. The number of aromatic hydroxyl groups is 1. The van der Waals surface area contributed by atoms with E-state index in [1.807, 2.05) is 12.1 Å². The molecule has 1 rings (SSSR count). The predicted octanol–water partition coefficient (Wildman–Crippen LogP) is 9.65. The summed E-state index contributed by atoms with van der Waals surface area (Å²) in [5, 5.41) is 11.0. The minimum absolute atomic E-state index is 0.232. The van der Waals surface area contributed by atoms with Crippen LogP contribution in [0, 0.1) is 0 Å². The van der Waals surface area contributed by atoms with E-state index in [0.717, 1.165) is 42.4 Å². The standard InChI is InChI=1S/C29H53O4P/c1-9-11-13-15-17-19-32-34(31,33-20-18-16-14-12-10-2)23-24-21-25(28(3,4)5)27(30)26(22-24)29(6,7)8/h21-22,30H,9-20,23H2,1-8H3. The molecule has 0 aliphatic carbocycles. The van der Waals surface area contributed by atoms with Crippen molar-refractivity contribution < 1.29 is 18.7 Å². The molecule has 0 saturated carbocycles. The monoisotopic (exact) mass is 496 g/mol. The van der Waals surface area contributed by atoms with Crippen molar-refractivity contribution >= 4 is 7.60 Å². The molecule has 1 N–H and O–H groups in total. The minimum atomic E-state index is -3.29. The zero-order valence-electron chi connectivity index (χ0n) is 23.5. The van der Waals surface area contributed by atoms with Gasteiger partial charge in [0.1, 0.15) is 5.75 Å². The lowest BCUT2D eigenvalue weighted by Crippen LogP contribution is -2.18. The molecule has 0 heterocycles. The fourth-order valence-corrected chi connectivity index (χ4v) is 5.80. The lowest BCUT2D eigenvalue weighted by Gasteiger charge is -2.29. The van der Waals surface area contributed by atoms with E-state index in [4.69, 9.17) is 9.05 Å². The quantitative estimate of drug-likeness (QED) is 0.183. The third-order valence-electron chi connectivity index (χ3n) is 6.23. The largest absolute Gasteiger partial charge is 0.507 e. The van der Waals surface area contributed by atoms with Gasteiger partial charge < -0.3 is 14.2 Å². The highest BCUT2D eigenvalue weighted by Gasteiger charge is 2.30. The van der Waals surface area contributed by atoms with Crippen LogP contribution in [-0.2, 0) is 30.6 Å². The van der Waals surface area contributed by atoms with Crippen LogP contribution in [0.25, 0.3) is 0 Å². The lowest BCUT2D eigenvalue weighted by atomic mass is 9.78. The minimum Gasteiger partial charge on any atom is -0.507 e. The molecule has 0 unspecified atom stereocenters. The summed E-state index contributed by atoms with van der Waals surface area (Å²) in [7, 11) is -3.29. The number of benzene rings is 1. The molecular weight excluding hydrogens is 443 g/mol.